The van der Waals surface area contributed by atoms with Gasteiger partial charge in [-0.05, 0) is 48.9 Å². The molecular formula is C29H36N4O6. The first-order chi connectivity index (χ1) is 18.8. The zero-order valence-electron chi connectivity index (χ0n) is 23.0. The van der Waals surface area contributed by atoms with Crippen molar-refractivity contribution in [3.05, 3.63) is 68.4 Å². The predicted octanol–water partition coefficient (Wildman–Crippen LogP) is 2.63. The van der Waals surface area contributed by atoms with Crippen LogP contribution in [0.1, 0.15) is 49.0 Å². The number of piperidine rings is 1. The molecule has 10 nitrogen and oxygen atoms in total. The smallest absolute Gasteiger partial charge is 0.332 e. The molecule has 1 aliphatic rings. The van der Waals surface area contributed by atoms with Gasteiger partial charge in [0, 0.05) is 31.3 Å². The molecule has 3 aromatic rings. The van der Waals surface area contributed by atoms with Gasteiger partial charge in [0.1, 0.15) is 6.54 Å². The number of methoxy groups -OCH3 is 2. The van der Waals surface area contributed by atoms with E-state index in [1.807, 2.05) is 6.92 Å². The maximum Gasteiger partial charge on any atom is 0.332 e. The zero-order chi connectivity index (χ0) is 28.1. The van der Waals surface area contributed by atoms with Crippen molar-refractivity contribution in [2.24, 2.45) is 5.92 Å². The molecule has 0 spiro atoms. The largest absolute Gasteiger partial charge is 0.493 e. The number of aromatic nitrogens is 2. The van der Waals surface area contributed by atoms with E-state index in [-0.39, 0.29) is 30.3 Å². The molecule has 2 aromatic carbocycles. The van der Waals surface area contributed by atoms with Gasteiger partial charge in [-0.25, -0.2) is 4.79 Å². The first-order valence-electron chi connectivity index (χ1n) is 13.3. The molecule has 1 atom stereocenters. The molecule has 1 aliphatic heterocycles. The third kappa shape index (κ3) is 6.00. The summed E-state index contributed by atoms with van der Waals surface area (Å²) in [5.41, 5.74) is 0.372. The molecule has 0 radical (unpaired) electrons. The van der Waals surface area contributed by atoms with Crippen LogP contribution in [-0.2, 0) is 17.9 Å². The van der Waals surface area contributed by atoms with Crippen molar-refractivity contribution < 1.29 is 19.1 Å². The second-order valence-corrected chi connectivity index (χ2v) is 10.0. The summed E-state index contributed by atoms with van der Waals surface area (Å²) in [6.45, 7) is 5.73. The van der Waals surface area contributed by atoms with Gasteiger partial charge >= 0.3 is 5.69 Å². The second kappa shape index (κ2) is 12.2. The van der Waals surface area contributed by atoms with Gasteiger partial charge in [0.15, 0.2) is 11.5 Å². The SMILES string of the molecule is CCCNC(=O)c1ccc(Cn2c(=O)c3cc(OC)c(OC)cc3n(CC(=O)N3CCCC(C)C3)c2=O)cc1. The van der Waals surface area contributed by atoms with E-state index >= 15 is 0 Å². The van der Waals surface area contributed by atoms with Crippen LogP contribution < -0.4 is 26.0 Å². The van der Waals surface area contributed by atoms with Crippen LogP contribution >= 0.6 is 0 Å². The van der Waals surface area contributed by atoms with Gasteiger partial charge in [0.2, 0.25) is 5.91 Å². The maximum atomic E-state index is 13.8. The fraction of sp³-hybridized carbons (Fsp3) is 0.448. The Kier molecular flexibility index (Phi) is 8.73. The van der Waals surface area contributed by atoms with Crippen molar-refractivity contribution >= 4 is 22.7 Å². The Morgan fingerprint density at radius 1 is 1.03 bits per heavy atom. The van der Waals surface area contributed by atoms with E-state index in [1.165, 1.54) is 24.9 Å². The van der Waals surface area contributed by atoms with E-state index in [0.717, 1.165) is 23.8 Å². The van der Waals surface area contributed by atoms with Crippen molar-refractivity contribution in [3.8, 4) is 11.5 Å². The molecule has 0 bridgehead atoms. The van der Waals surface area contributed by atoms with Crippen LogP contribution in [0.2, 0.25) is 0 Å². The number of carbonyl (C=O) groups excluding carboxylic acids is 2. The molecule has 1 N–H and O–H groups in total. The quantitative estimate of drug-likeness (QED) is 0.450. The number of likely N-dealkylation sites (tertiary alicyclic amines) is 1. The third-order valence-corrected chi connectivity index (χ3v) is 7.13. The van der Waals surface area contributed by atoms with Gasteiger partial charge in [-0.2, -0.15) is 0 Å². The molecule has 1 saturated heterocycles. The highest BCUT2D eigenvalue weighted by molar-refractivity contribution is 5.94. The van der Waals surface area contributed by atoms with Crippen LogP contribution in [0.4, 0.5) is 0 Å². The number of nitrogens with zero attached hydrogens (tertiary/aromatic N) is 3. The molecule has 0 saturated carbocycles. The summed E-state index contributed by atoms with van der Waals surface area (Å²) in [5.74, 6) is 0.734. The minimum absolute atomic E-state index is 0.0201. The Hall–Kier alpha value is -4.08. The Morgan fingerprint density at radius 3 is 2.36 bits per heavy atom. The number of ether oxygens (including phenoxy) is 2. The second-order valence-electron chi connectivity index (χ2n) is 10.0. The monoisotopic (exact) mass is 536 g/mol. The third-order valence-electron chi connectivity index (χ3n) is 7.13. The van der Waals surface area contributed by atoms with Crippen LogP contribution in [0, 0.1) is 5.92 Å². The standard InChI is InChI=1S/C29H36N4O6/c1-5-12-30-27(35)21-10-8-20(9-11-21)17-33-28(36)22-14-24(38-3)25(39-4)15-23(22)32(29(33)37)18-26(34)31-13-6-7-19(2)16-31/h8-11,14-15,19H,5-7,12-13,16-18H2,1-4H3,(H,30,35). The fourth-order valence-electron chi connectivity index (χ4n) is 4.97. The lowest BCUT2D eigenvalue weighted by molar-refractivity contribution is -0.133. The minimum Gasteiger partial charge on any atom is -0.493 e. The zero-order valence-corrected chi connectivity index (χ0v) is 23.0. The van der Waals surface area contributed by atoms with Gasteiger partial charge in [-0.1, -0.05) is 26.0 Å². The Labute approximate surface area is 227 Å². The Balaban J connectivity index is 1.77. The number of benzene rings is 2. The first-order valence-corrected chi connectivity index (χ1v) is 13.3. The molecule has 1 fully saturated rings. The highest BCUT2D eigenvalue weighted by Gasteiger charge is 2.24. The fourth-order valence-corrected chi connectivity index (χ4v) is 4.97. The van der Waals surface area contributed by atoms with Crippen molar-refractivity contribution in [1.82, 2.24) is 19.4 Å². The lowest BCUT2D eigenvalue weighted by Crippen LogP contribution is -2.45. The van der Waals surface area contributed by atoms with E-state index in [4.69, 9.17) is 9.47 Å². The normalized spacial score (nSPS) is 15.3. The number of nitrogens with one attached hydrogen (secondary N) is 1. The maximum absolute atomic E-state index is 13.8. The summed E-state index contributed by atoms with van der Waals surface area (Å²) in [4.78, 5) is 54.7. The van der Waals surface area contributed by atoms with Gasteiger partial charge in [-0.15, -0.1) is 0 Å². The van der Waals surface area contributed by atoms with Crippen molar-refractivity contribution in [2.45, 2.75) is 46.2 Å². The number of rotatable bonds is 9. The summed E-state index contributed by atoms with van der Waals surface area (Å²) in [5, 5.41) is 3.06. The number of carbonyl (C=O) groups is 2. The molecule has 10 heteroatoms. The van der Waals surface area contributed by atoms with E-state index in [1.54, 1.807) is 35.2 Å². The average Bonchev–Trinajstić information content (AvgIpc) is 2.95. The van der Waals surface area contributed by atoms with Crippen molar-refractivity contribution in [1.29, 1.82) is 0 Å². The van der Waals surface area contributed by atoms with Crippen LogP contribution in [0.3, 0.4) is 0 Å². The van der Waals surface area contributed by atoms with Crippen LogP contribution in [0.25, 0.3) is 10.9 Å². The van der Waals surface area contributed by atoms with Gasteiger partial charge < -0.3 is 19.7 Å². The van der Waals surface area contributed by atoms with Crippen LogP contribution in [0.15, 0.2) is 46.0 Å². The molecular weight excluding hydrogens is 500 g/mol. The molecule has 2 amide bonds. The van der Waals surface area contributed by atoms with E-state index in [9.17, 15) is 19.2 Å². The lowest BCUT2D eigenvalue weighted by Gasteiger charge is -2.31. The molecule has 39 heavy (non-hydrogen) atoms. The summed E-state index contributed by atoms with van der Waals surface area (Å²) >= 11 is 0. The molecule has 2 heterocycles. The summed E-state index contributed by atoms with van der Waals surface area (Å²) in [6, 6.07) is 9.88. The summed E-state index contributed by atoms with van der Waals surface area (Å²) in [6.07, 6.45) is 2.81. The van der Waals surface area contributed by atoms with Gasteiger partial charge in [0.05, 0.1) is 31.7 Å². The molecule has 0 aliphatic carbocycles. The molecule has 1 unspecified atom stereocenters. The van der Waals surface area contributed by atoms with Crippen LogP contribution in [-0.4, -0.2) is 59.7 Å². The molecule has 208 valence electrons. The predicted molar refractivity (Wildman–Crippen MR) is 149 cm³/mol. The number of amides is 2. The highest BCUT2D eigenvalue weighted by atomic mass is 16.5. The van der Waals surface area contributed by atoms with Gasteiger partial charge in [-0.3, -0.25) is 23.5 Å². The first kappa shape index (κ1) is 27.9. The average molecular weight is 537 g/mol. The summed E-state index contributed by atoms with van der Waals surface area (Å²) < 4.78 is 13.3. The van der Waals surface area contributed by atoms with E-state index < -0.39 is 11.2 Å². The lowest BCUT2D eigenvalue weighted by atomic mass is 10.0. The summed E-state index contributed by atoms with van der Waals surface area (Å²) in [7, 11) is 2.94. The minimum atomic E-state index is -0.595. The number of hydrogen-bond acceptors (Lipinski definition) is 6. The van der Waals surface area contributed by atoms with E-state index in [0.29, 0.717) is 53.7 Å². The van der Waals surface area contributed by atoms with Crippen molar-refractivity contribution in [2.75, 3.05) is 33.9 Å². The number of fused-ring (bicyclic) bond motifs is 1. The van der Waals surface area contributed by atoms with Crippen LogP contribution in [0.5, 0.6) is 11.5 Å². The molecule has 4 rings (SSSR count). The Morgan fingerprint density at radius 2 is 1.72 bits per heavy atom. The topological polar surface area (TPSA) is 112 Å². The van der Waals surface area contributed by atoms with Gasteiger partial charge in [0.25, 0.3) is 11.5 Å². The molecule has 1 aromatic heterocycles. The van der Waals surface area contributed by atoms with E-state index in [2.05, 4.69) is 12.2 Å². The Bertz CT molecular complexity index is 1470. The number of hydrogen-bond donors (Lipinski definition) is 1. The highest BCUT2D eigenvalue weighted by Crippen LogP contribution is 2.30. The van der Waals surface area contributed by atoms with Crippen molar-refractivity contribution in [3.63, 3.8) is 0 Å².